The van der Waals surface area contributed by atoms with Crippen LogP contribution in [0.4, 0.5) is 0 Å². The van der Waals surface area contributed by atoms with Crippen molar-refractivity contribution in [2.75, 3.05) is 6.61 Å². The molecule has 0 unspecified atom stereocenters. The van der Waals surface area contributed by atoms with E-state index in [9.17, 15) is 4.79 Å². The Kier molecular flexibility index (Phi) is 9.52. The summed E-state index contributed by atoms with van der Waals surface area (Å²) in [7, 11) is 0. The van der Waals surface area contributed by atoms with Crippen molar-refractivity contribution in [1.29, 1.82) is 0 Å². The molecule has 1 rings (SSSR count). The Bertz CT molecular complexity index is 602. The topological polar surface area (TPSA) is 26.3 Å². The average molecular weight is 326 g/mol. The summed E-state index contributed by atoms with van der Waals surface area (Å²) in [5.41, 5.74) is 4.75. The third-order valence-corrected chi connectivity index (χ3v) is 3.84. The Morgan fingerprint density at radius 3 is 2.21 bits per heavy atom. The molecule has 1 aromatic carbocycles. The van der Waals surface area contributed by atoms with Crippen LogP contribution in [0.15, 0.2) is 59.2 Å². The number of hydrogen-bond donors (Lipinski definition) is 0. The van der Waals surface area contributed by atoms with E-state index in [0.717, 1.165) is 32.0 Å². The molecule has 0 fully saturated rings. The minimum absolute atomic E-state index is 0.500. The van der Waals surface area contributed by atoms with Crippen LogP contribution in [0.1, 0.15) is 63.7 Å². The van der Waals surface area contributed by atoms with Crippen LogP contribution in [0.5, 0.6) is 5.75 Å². The normalized spacial score (nSPS) is 12.0. The Morgan fingerprint density at radius 1 is 0.917 bits per heavy atom. The molecule has 0 bridgehead atoms. The van der Waals surface area contributed by atoms with Gasteiger partial charge in [0.2, 0.25) is 0 Å². The minimum Gasteiger partial charge on any atom is -0.489 e. The molecule has 0 saturated heterocycles. The maximum atomic E-state index is 10.9. The van der Waals surface area contributed by atoms with Crippen molar-refractivity contribution in [3.8, 4) is 5.75 Å². The van der Waals surface area contributed by atoms with Crippen molar-refractivity contribution in [1.82, 2.24) is 0 Å². The molecule has 0 aliphatic heterocycles. The van der Waals surface area contributed by atoms with Gasteiger partial charge in [-0.15, -0.1) is 0 Å². The number of ether oxygens (including phenoxy) is 1. The van der Waals surface area contributed by atoms with Gasteiger partial charge in [0, 0.05) is 0 Å². The van der Waals surface area contributed by atoms with Crippen LogP contribution in [-0.2, 0) is 0 Å². The Labute approximate surface area is 146 Å². The maximum Gasteiger partial charge on any atom is 0.153 e. The summed E-state index contributed by atoms with van der Waals surface area (Å²) in [6.07, 6.45) is 11.9. The highest BCUT2D eigenvalue weighted by atomic mass is 16.5. The lowest BCUT2D eigenvalue weighted by Gasteiger charge is -2.06. The standard InChI is InChI=1S/C22H30O2/c1-18(2)9-7-10-19(3)11-8-12-20(4)15-16-24-22-14-6-5-13-21(22)17-23/h5-6,9,11,13-15,17H,7-8,10,12,16H2,1-4H3/b19-11+,20-15+. The fourth-order valence-electron chi connectivity index (χ4n) is 2.32. The number of hydrogen-bond acceptors (Lipinski definition) is 2. The SMILES string of the molecule is CC(C)=CCC/C(C)=C/CC/C(C)=C/COc1ccccc1C=O. The highest BCUT2D eigenvalue weighted by molar-refractivity contribution is 5.79. The first-order valence-electron chi connectivity index (χ1n) is 8.64. The van der Waals surface area contributed by atoms with Crippen LogP contribution in [0.25, 0.3) is 0 Å². The number of carbonyl (C=O) groups excluding carboxylic acids is 1. The molecule has 130 valence electrons. The van der Waals surface area contributed by atoms with E-state index in [-0.39, 0.29) is 0 Å². The van der Waals surface area contributed by atoms with Crippen LogP contribution in [0, 0.1) is 0 Å². The largest absolute Gasteiger partial charge is 0.489 e. The zero-order valence-corrected chi connectivity index (χ0v) is 15.5. The lowest BCUT2D eigenvalue weighted by molar-refractivity contribution is 0.112. The molecular weight excluding hydrogens is 296 g/mol. The maximum absolute atomic E-state index is 10.9. The average Bonchev–Trinajstić information content (AvgIpc) is 2.55. The van der Waals surface area contributed by atoms with Gasteiger partial charge in [0.15, 0.2) is 6.29 Å². The Balaban J connectivity index is 2.34. The van der Waals surface area contributed by atoms with Gasteiger partial charge >= 0.3 is 0 Å². The van der Waals surface area contributed by atoms with Crippen molar-refractivity contribution in [3.63, 3.8) is 0 Å². The molecule has 1 aromatic rings. The van der Waals surface area contributed by atoms with Crippen LogP contribution < -0.4 is 4.74 Å². The van der Waals surface area contributed by atoms with Gasteiger partial charge in [0.1, 0.15) is 12.4 Å². The molecule has 0 aliphatic rings. The van der Waals surface area contributed by atoms with Gasteiger partial charge in [-0.25, -0.2) is 0 Å². The van der Waals surface area contributed by atoms with Crippen LogP contribution in [0.2, 0.25) is 0 Å². The summed E-state index contributed by atoms with van der Waals surface area (Å²) in [6, 6.07) is 7.30. The van der Waals surface area contributed by atoms with E-state index in [1.165, 1.54) is 16.7 Å². The van der Waals surface area contributed by atoms with Crippen molar-refractivity contribution in [3.05, 3.63) is 64.8 Å². The lowest BCUT2D eigenvalue weighted by Crippen LogP contribution is -1.97. The molecule has 0 spiro atoms. The predicted octanol–water partition coefficient (Wildman–Crippen LogP) is 6.30. The quantitative estimate of drug-likeness (QED) is 0.372. The highest BCUT2D eigenvalue weighted by Gasteiger charge is 2.00. The molecule has 0 heterocycles. The smallest absolute Gasteiger partial charge is 0.153 e. The Hall–Kier alpha value is -2.09. The van der Waals surface area contributed by atoms with E-state index in [2.05, 4.69) is 45.9 Å². The van der Waals surface area contributed by atoms with Gasteiger partial charge in [-0.2, -0.15) is 0 Å². The third kappa shape index (κ3) is 8.52. The summed E-state index contributed by atoms with van der Waals surface area (Å²) in [4.78, 5) is 10.9. The second-order valence-corrected chi connectivity index (χ2v) is 6.43. The molecular formula is C22H30O2. The summed E-state index contributed by atoms with van der Waals surface area (Å²) in [5, 5.41) is 0. The monoisotopic (exact) mass is 326 g/mol. The molecule has 0 aliphatic carbocycles. The highest BCUT2D eigenvalue weighted by Crippen LogP contribution is 2.16. The summed E-state index contributed by atoms with van der Waals surface area (Å²) >= 11 is 0. The van der Waals surface area contributed by atoms with E-state index >= 15 is 0 Å². The first-order valence-corrected chi connectivity index (χ1v) is 8.64. The molecule has 0 amide bonds. The molecule has 0 aromatic heterocycles. The molecule has 0 radical (unpaired) electrons. The van der Waals surface area contributed by atoms with Gasteiger partial charge in [0.05, 0.1) is 5.56 Å². The van der Waals surface area contributed by atoms with E-state index in [0.29, 0.717) is 17.9 Å². The van der Waals surface area contributed by atoms with E-state index < -0.39 is 0 Å². The fraction of sp³-hybridized carbons (Fsp3) is 0.409. The van der Waals surface area contributed by atoms with E-state index in [1.807, 2.05) is 18.2 Å². The number of allylic oxidation sites excluding steroid dienone is 5. The minimum atomic E-state index is 0.500. The number of rotatable bonds is 10. The van der Waals surface area contributed by atoms with Crippen molar-refractivity contribution < 1.29 is 9.53 Å². The number of benzene rings is 1. The lowest BCUT2D eigenvalue weighted by atomic mass is 10.1. The number of aldehydes is 1. The zero-order chi connectivity index (χ0) is 17.8. The third-order valence-electron chi connectivity index (χ3n) is 3.84. The molecule has 2 heteroatoms. The molecule has 24 heavy (non-hydrogen) atoms. The first-order chi connectivity index (χ1) is 11.5. The van der Waals surface area contributed by atoms with Crippen LogP contribution in [0.3, 0.4) is 0 Å². The van der Waals surface area contributed by atoms with Gasteiger partial charge in [-0.05, 0) is 71.6 Å². The second kappa shape index (κ2) is 11.4. The van der Waals surface area contributed by atoms with Gasteiger partial charge in [0.25, 0.3) is 0 Å². The molecule has 2 nitrogen and oxygen atoms in total. The van der Waals surface area contributed by atoms with Gasteiger partial charge in [-0.3, -0.25) is 4.79 Å². The number of carbonyl (C=O) groups is 1. The first kappa shape index (κ1) is 20.0. The van der Waals surface area contributed by atoms with Crippen LogP contribution in [-0.4, -0.2) is 12.9 Å². The van der Waals surface area contributed by atoms with Crippen LogP contribution >= 0.6 is 0 Å². The van der Waals surface area contributed by atoms with Crippen molar-refractivity contribution >= 4 is 6.29 Å². The van der Waals surface area contributed by atoms with E-state index in [1.54, 1.807) is 6.07 Å². The number of para-hydroxylation sites is 1. The molecule has 0 N–H and O–H groups in total. The molecule has 0 atom stereocenters. The van der Waals surface area contributed by atoms with E-state index in [4.69, 9.17) is 4.74 Å². The van der Waals surface area contributed by atoms with Crippen molar-refractivity contribution in [2.45, 2.75) is 53.4 Å². The van der Waals surface area contributed by atoms with Gasteiger partial charge in [-0.1, -0.05) is 41.0 Å². The van der Waals surface area contributed by atoms with Crippen molar-refractivity contribution in [2.24, 2.45) is 0 Å². The summed E-state index contributed by atoms with van der Waals surface area (Å²) < 4.78 is 5.67. The second-order valence-electron chi connectivity index (χ2n) is 6.43. The predicted molar refractivity (Wildman–Crippen MR) is 103 cm³/mol. The molecule has 0 saturated carbocycles. The van der Waals surface area contributed by atoms with Gasteiger partial charge < -0.3 is 4.74 Å². The summed E-state index contributed by atoms with van der Waals surface area (Å²) in [6.45, 7) is 9.12. The summed E-state index contributed by atoms with van der Waals surface area (Å²) in [5.74, 6) is 0.645. The zero-order valence-electron chi connectivity index (χ0n) is 15.5. The fourth-order valence-corrected chi connectivity index (χ4v) is 2.32. The Morgan fingerprint density at radius 2 is 1.54 bits per heavy atom.